The number of likely N-dealkylation sites (N-methyl/N-ethyl adjacent to an activating group) is 1. The molecule has 0 aliphatic carbocycles. The van der Waals surface area contributed by atoms with Gasteiger partial charge in [-0.15, -0.1) is 0 Å². The molecule has 0 amide bonds. The van der Waals surface area contributed by atoms with Crippen LogP contribution in [0.1, 0.15) is 5.56 Å². The highest BCUT2D eigenvalue weighted by atomic mass is 35.5. The monoisotopic (exact) mass is 495 g/mol. The number of carboxylic acid groups (broad SMARTS) is 1. The predicted molar refractivity (Wildman–Crippen MR) is 135 cm³/mol. The molecule has 34 heavy (non-hydrogen) atoms. The van der Waals surface area contributed by atoms with Gasteiger partial charge in [0.2, 0.25) is 0 Å². The van der Waals surface area contributed by atoms with Gasteiger partial charge in [-0.05, 0) is 60.0 Å². The first-order valence-corrected chi connectivity index (χ1v) is 11.9. The van der Waals surface area contributed by atoms with Crippen molar-refractivity contribution < 1.29 is 19.4 Å². The summed E-state index contributed by atoms with van der Waals surface area (Å²) in [4.78, 5) is 12.7. The first-order chi connectivity index (χ1) is 16.5. The lowest BCUT2D eigenvalue weighted by atomic mass is 10.0. The summed E-state index contributed by atoms with van der Waals surface area (Å²) >= 11 is 8.20. The van der Waals surface area contributed by atoms with Crippen LogP contribution < -0.4 is 14.8 Å². The molecule has 0 unspecified atom stereocenters. The first-order valence-electron chi connectivity index (χ1n) is 10.7. The number of fused-ring (bicyclic) bond motifs is 2. The van der Waals surface area contributed by atoms with Gasteiger partial charge in [-0.3, -0.25) is 9.69 Å². The number of aliphatic carboxylic acids is 1. The zero-order chi connectivity index (χ0) is 23.7. The van der Waals surface area contributed by atoms with Crippen molar-refractivity contribution >= 4 is 50.7 Å². The molecule has 4 aromatic rings. The molecule has 5 rings (SSSR count). The molecule has 174 valence electrons. The van der Waals surface area contributed by atoms with Crippen LogP contribution in [-0.2, 0) is 11.3 Å². The largest absolute Gasteiger partial charge is 0.486 e. The van der Waals surface area contributed by atoms with Crippen molar-refractivity contribution in [2.24, 2.45) is 0 Å². The molecule has 3 aromatic carbocycles. The molecule has 0 saturated heterocycles. The number of anilines is 2. The molecule has 0 bridgehead atoms. The summed E-state index contributed by atoms with van der Waals surface area (Å²) in [6.45, 7) is 1.62. The van der Waals surface area contributed by atoms with Crippen molar-refractivity contribution in [2.45, 2.75) is 6.54 Å². The lowest BCUT2D eigenvalue weighted by Gasteiger charge is -2.19. The summed E-state index contributed by atoms with van der Waals surface area (Å²) in [6, 6.07) is 17.7. The Kier molecular flexibility index (Phi) is 6.28. The highest BCUT2D eigenvalue weighted by molar-refractivity contribution is 7.13. The van der Waals surface area contributed by atoms with Gasteiger partial charge < -0.3 is 19.9 Å². The molecular weight excluding hydrogens is 474 g/mol. The third kappa shape index (κ3) is 4.65. The zero-order valence-electron chi connectivity index (χ0n) is 18.4. The smallest absolute Gasteiger partial charge is 0.317 e. The van der Waals surface area contributed by atoms with Crippen LogP contribution in [0.2, 0.25) is 5.02 Å². The Morgan fingerprint density at radius 2 is 1.97 bits per heavy atom. The van der Waals surface area contributed by atoms with Crippen LogP contribution in [0.15, 0.2) is 54.6 Å². The van der Waals surface area contributed by atoms with E-state index in [-0.39, 0.29) is 6.54 Å². The van der Waals surface area contributed by atoms with Crippen molar-refractivity contribution in [1.82, 2.24) is 9.27 Å². The number of halogens is 1. The van der Waals surface area contributed by atoms with E-state index >= 15 is 0 Å². The van der Waals surface area contributed by atoms with Crippen molar-refractivity contribution in [1.29, 1.82) is 0 Å². The highest BCUT2D eigenvalue weighted by Gasteiger charge is 2.16. The fourth-order valence-corrected chi connectivity index (χ4v) is 5.04. The maximum absolute atomic E-state index is 10.9. The highest BCUT2D eigenvalue weighted by Crippen LogP contribution is 2.40. The maximum Gasteiger partial charge on any atom is 0.317 e. The topological polar surface area (TPSA) is 83.9 Å². The second-order valence-corrected chi connectivity index (χ2v) is 9.26. The van der Waals surface area contributed by atoms with Crippen LogP contribution in [0.3, 0.4) is 0 Å². The van der Waals surface area contributed by atoms with Gasteiger partial charge in [0.25, 0.3) is 0 Å². The molecule has 0 radical (unpaired) electrons. The molecule has 0 spiro atoms. The van der Waals surface area contributed by atoms with Crippen LogP contribution in [-0.4, -0.2) is 47.2 Å². The van der Waals surface area contributed by atoms with Crippen LogP contribution >= 0.6 is 23.1 Å². The van der Waals surface area contributed by atoms with Crippen LogP contribution in [0.5, 0.6) is 11.5 Å². The summed E-state index contributed by atoms with van der Waals surface area (Å²) < 4.78 is 16.9. The summed E-state index contributed by atoms with van der Waals surface area (Å²) in [7, 11) is 1.79. The Labute approximate surface area is 205 Å². The lowest BCUT2D eigenvalue weighted by molar-refractivity contribution is -0.138. The minimum Gasteiger partial charge on any atom is -0.486 e. The fraction of sp³-hybridized carbons (Fsp3) is 0.200. The third-order valence-corrected chi connectivity index (χ3v) is 6.71. The summed E-state index contributed by atoms with van der Waals surface area (Å²) in [5.74, 6) is 1.34. The summed E-state index contributed by atoms with van der Waals surface area (Å²) in [5, 5.41) is 13.9. The Bertz CT molecular complexity index is 1370. The number of benzene rings is 3. The molecule has 2 heterocycles. The van der Waals surface area contributed by atoms with Gasteiger partial charge in [0.05, 0.1) is 22.0 Å². The molecule has 1 aromatic heterocycles. The molecule has 7 nitrogen and oxygen atoms in total. The number of nitrogens with one attached hydrogen (secondary N) is 1. The van der Waals surface area contributed by atoms with E-state index in [0.717, 1.165) is 44.0 Å². The standard InChI is InChI=1S/C25H22ClN3O4S/c1-29(14-23(30)31)13-15-5-7-18-22(11-15)34-28-25(18)27-19-4-2-3-17(24(19)26)16-6-8-20-21(12-16)33-10-9-32-20/h2-8,11-12H,9-10,13-14H2,1H3,(H,27,28)(H,30,31). The van der Waals surface area contributed by atoms with E-state index in [0.29, 0.717) is 30.5 Å². The van der Waals surface area contributed by atoms with Gasteiger partial charge in [-0.1, -0.05) is 35.9 Å². The third-order valence-electron chi connectivity index (χ3n) is 5.50. The number of carbonyl (C=O) groups is 1. The minimum absolute atomic E-state index is 0.00819. The van der Waals surface area contributed by atoms with Gasteiger partial charge in [0.1, 0.15) is 13.2 Å². The minimum atomic E-state index is -0.844. The van der Waals surface area contributed by atoms with Crippen LogP contribution in [0, 0.1) is 0 Å². The van der Waals surface area contributed by atoms with E-state index < -0.39 is 5.97 Å². The summed E-state index contributed by atoms with van der Waals surface area (Å²) in [5.41, 5.74) is 3.61. The second-order valence-electron chi connectivity index (χ2n) is 8.08. The molecular formula is C25H22ClN3O4S. The van der Waals surface area contributed by atoms with E-state index in [1.54, 1.807) is 11.9 Å². The second kappa shape index (κ2) is 9.50. The molecule has 1 aliphatic rings. The summed E-state index contributed by atoms with van der Waals surface area (Å²) in [6.07, 6.45) is 0. The Morgan fingerprint density at radius 1 is 1.15 bits per heavy atom. The van der Waals surface area contributed by atoms with E-state index in [4.69, 9.17) is 26.2 Å². The van der Waals surface area contributed by atoms with Gasteiger partial charge in [0, 0.05) is 17.5 Å². The SMILES string of the molecule is CN(CC(=O)O)Cc1ccc2c(Nc3cccc(-c4ccc5c(c4)OCCO5)c3Cl)nsc2c1. The van der Waals surface area contributed by atoms with Gasteiger partial charge in [-0.25, -0.2) is 0 Å². The molecule has 9 heteroatoms. The Hall–Kier alpha value is -3.33. The molecule has 0 fully saturated rings. The number of nitrogens with zero attached hydrogens (tertiary/aromatic N) is 2. The van der Waals surface area contributed by atoms with Crippen LogP contribution in [0.25, 0.3) is 21.2 Å². The number of aromatic nitrogens is 1. The maximum atomic E-state index is 10.9. The fourth-order valence-electron chi connectivity index (χ4n) is 3.96. The van der Waals surface area contributed by atoms with Gasteiger partial charge >= 0.3 is 5.97 Å². The number of hydrogen-bond donors (Lipinski definition) is 2. The van der Waals surface area contributed by atoms with Crippen molar-refractivity contribution in [3.8, 4) is 22.6 Å². The van der Waals surface area contributed by atoms with Crippen molar-refractivity contribution in [3.63, 3.8) is 0 Å². The normalized spacial score (nSPS) is 12.8. The quantitative estimate of drug-likeness (QED) is 0.343. The number of rotatable bonds is 7. The lowest BCUT2D eigenvalue weighted by Crippen LogP contribution is -2.24. The van der Waals surface area contributed by atoms with Crippen molar-refractivity contribution in [3.05, 3.63) is 65.2 Å². The number of carboxylic acids is 1. The van der Waals surface area contributed by atoms with E-state index in [2.05, 4.69) is 9.69 Å². The number of ether oxygens (including phenoxy) is 2. The predicted octanol–water partition coefficient (Wildman–Crippen LogP) is 5.65. The Morgan fingerprint density at radius 3 is 2.79 bits per heavy atom. The molecule has 0 saturated carbocycles. The average molecular weight is 496 g/mol. The van der Waals surface area contributed by atoms with E-state index in [9.17, 15) is 4.79 Å². The molecule has 1 aliphatic heterocycles. The van der Waals surface area contributed by atoms with Gasteiger partial charge in [0.15, 0.2) is 17.3 Å². The average Bonchev–Trinajstić information content (AvgIpc) is 3.21. The van der Waals surface area contributed by atoms with Gasteiger partial charge in [-0.2, -0.15) is 4.37 Å². The molecule has 2 N–H and O–H groups in total. The van der Waals surface area contributed by atoms with E-state index in [1.165, 1.54) is 11.5 Å². The van der Waals surface area contributed by atoms with Crippen molar-refractivity contribution in [2.75, 3.05) is 32.1 Å². The molecule has 0 atom stereocenters. The Balaban J connectivity index is 1.39. The first kappa shape index (κ1) is 22.5. The van der Waals surface area contributed by atoms with E-state index in [1.807, 2.05) is 54.6 Å². The van der Waals surface area contributed by atoms with Crippen LogP contribution in [0.4, 0.5) is 11.5 Å². The number of hydrogen-bond acceptors (Lipinski definition) is 7. The zero-order valence-corrected chi connectivity index (χ0v) is 19.9.